The number of carbonyl (C=O) groups is 1. The predicted octanol–water partition coefficient (Wildman–Crippen LogP) is 3.92. The van der Waals surface area contributed by atoms with Gasteiger partial charge in [-0.05, 0) is 55.0 Å². The van der Waals surface area contributed by atoms with Crippen LogP contribution in [0.25, 0.3) is 0 Å². The van der Waals surface area contributed by atoms with Crippen LogP contribution in [0.1, 0.15) is 36.8 Å². The van der Waals surface area contributed by atoms with E-state index in [9.17, 15) is 4.79 Å². The number of nitriles is 1. The number of halogens is 1. The third-order valence-electron chi connectivity index (χ3n) is 4.97. The topological polar surface area (TPSA) is 69.0 Å². The molecule has 0 bridgehead atoms. The maximum absolute atomic E-state index is 12.1. The van der Waals surface area contributed by atoms with Crippen LogP contribution in [-0.2, 0) is 11.3 Å². The zero-order valence-electron chi connectivity index (χ0n) is 15.2. The fourth-order valence-electron chi connectivity index (χ4n) is 3.38. The van der Waals surface area contributed by atoms with Gasteiger partial charge in [-0.25, -0.2) is 4.98 Å². The normalized spacial score (nSPS) is 14.6. The summed E-state index contributed by atoms with van der Waals surface area (Å²) < 4.78 is 0. The zero-order chi connectivity index (χ0) is 19.1. The van der Waals surface area contributed by atoms with Crippen molar-refractivity contribution in [2.75, 3.05) is 18.0 Å². The van der Waals surface area contributed by atoms with Crippen molar-refractivity contribution in [3.63, 3.8) is 0 Å². The minimum Gasteiger partial charge on any atom is -0.357 e. The molecule has 2 heterocycles. The molecule has 0 unspecified atom stereocenters. The lowest BCUT2D eigenvalue weighted by Crippen LogP contribution is -2.34. The van der Waals surface area contributed by atoms with Gasteiger partial charge in [-0.3, -0.25) is 4.79 Å². The number of aromatic nitrogens is 1. The highest BCUT2D eigenvalue weighted by Crippen LogP contribution is 2.25. The molecule has 0 aliphatic carbocycles. The van der Waals surface area contributed by atoms with Gasteiger partial charge in [0.15, 0.2) is 0 Å². The van der Waals surface area contributed by atoms with Crippen molar-refractivity contribution >= 4 is 23.3 Å². The summed E-state index contributed by atoms with van der Waals surface area (Å²) in [4.78, 5) is 18.7. The van der Waals surface area contributed by atoms with E-state index in [4.69, 9.17) is 16.9 Å². The first-order valence-corrected chi connectivity index (χ1v) is 9.64. The molecule has 0 radical (unpaired) electrons. The molecule has 3 rings (SSSR count). The van der Waals surface area contributed by atoms with Gasteiger partial charge in [0.05, 0.1) is 11.6 Å². The van der Waals surface area contributed by atoms with E-state index in [0.717, 1.165) is 43.7 Å². The number of nitrogens with zero attached hydrogens (tertiary/aromatic N) is 3. The SMILES string of the molecule is N#Cc1ccnc(N2CCC(CCC(=O)NCc3cccc(Cl)c3)CC2)c1. The summed E-state index contributed by atoms with van der Waals surface area (Å²) in [5, 5.41) is 12.7. The van der Waals surface area contributed by atoms with Gasteiger partial charge in [0.25, 0.3) is 0 Å². The molecule has 140 valence electrons. The lowest BCUT2D eigenvalue weighted by molar-refractivity contribution is -0.121. The van der Waals surface area contributed by atoms with Crippen LogP contribution in [-0.4, -0.2) is 24.0 Å². The highest BCUT2D eigenvalue weighted by Gasteiger charge is 2.21. The number of hydrogen-bond acceptors (Lipinski definition) is 4. The summed E-state index contributed by atoms with van der Waals surface area (Å²) in [7, 11) is 0. The molecule has 0 saturated carbocycles. The average molecular weight is 383 g/mol. The van der Waals surface area contributed by atoms with E-state index in [0.29, 0.717) is 29.5 Å². The Labute approximate surface area is 165 Å². The number of piperidine rings is 1. The predicted molar refractivity (Wildman–Crippen MR) is 106 cm³/mol. The highest BCUT2D eigenvalue weighted by molar-refractivity contribution is 6.30. The Morgan fingerprint density at radius 3 is 2.85 bits per heavy atom. The number of hydrogen-bond donors (Lipinski definition) is 1. The number of amides is 1. The van der Waals surface area contributed by atoms with Crippen molar-refractivity contribution in [2.24, 2.45) is 5.92 Å². The van der Waals surface area contributed by atoms with Crippen LogP contribution in [0.2, 0.25) is 5.02 Å². The van der Waals surface area contributed by atoms with Crippen LogP contribution in [0, 0.1) is 17.2 Å². The molecule has 1 amide bonds. The van der Waals surface area contributed by atoms with Gasteiger partial charge in [0.2, 0.25) is 5.91 Å². The number of benzene rings is 1. The first-order valence-electron chi connectivity index (χ1n) is 9.26. The lowest BCUT2D eigenvalue weighted by atomic mass is 9.92. The summed E-state index contributed by atoms with van der Waals surface area (Å²) in [6.45, 7) is 2.34. The number of rotatable bonds is 6. The number of anilines is 1. The molecular weight excluding hydrogens is 360 g/mol. The Kier molecular flexibility index (Phi) is 6.67. The second-order valence-corrected chi connectivity index (χ2v) is 7.33. The van der Waals surface area contributed by atoms with E-state index in [2.05, 4.69) is 21.3 Å². The number of pyridine rings is 1. The highest BCUT2D eigenvalue weighted by atomic mass is 35.5. The minimum absolute atomic E-state index is 0.0841. The van der Waals surface area contributed by atoms with Crippen LogP contribution in [0.15, 0.2) is 42.6 Å². The Morgan fingerprint density at radius 1 is 1.30 bits per heavy atom. The molecule has 1 N–H and O–H groups in total. The second-order valence-electron chi connectivity index (χ2n) is 6.89. The fourth-order valence-corrected chi connectivity index (χ4v) is 3.60. The molecule has 5 nitrogen and oxygen atoms in total. The number of carbonyl (C=O) groups excluding carboxylic acids is 1. The molecular formula is C21H23ClN4O. The standard InChI is InChI=1S/C21H23ClN4O/c22-19-3-1-2-18(12-19)15-25-21(27)5-4-16-7-10-26(11-8-16)20-13-17(14-23)6-9-24-20/h1-3,6,9,12-13,16H,4-5,7-8,10-11,15H2,(H,25,27). The molecule has 1 fully saturated rings. The van der Waals surface area contributed by atoms with Gasteiger partial charge in [-0.15, -0.1) is 0 Å². The van der Waals surface area contributed by atoms with E-state index in [-0.39, 0.29) is 5.91 Å². The third-order valence-corrected chi connectivity index (χ3v) is 5.21. The molecule has 2 aromatic rings. The molecule has 27 heavy (non-hydrogen) atoms. The van der Waals surface area contributed by atoms with Crippen LogP contribution in [0.5, 0.6) is 0 Å². The molecule has 1 aliphatic rings. The van der Waals surface area contributed by atoms with Crippen molar-refractivity contribution < 1.29 is 4.79 Å². The number of nitrogens with one attached hydrogen (secondary N) is 1. The van der Waals surface area contributed by atoms with Crippen LogP contribution in [0.3, 0.4) is 0 Å². The maximum Gasteiger partial charge on any atom is 0.220 e. The van der Waals surface area contributed by atoms with Crippen LogP contribution in [0.4, 0.5) is 5.82 Å². The zero-order valence-corrected chi connectivity index (χ0v) is 16.0. The van der Waals surface area contributed by atoms with Crippen molar-refractivity contribution in [1.29, 1.82) is 5.26 Å². The van der Waals surface area contributed by atoms with E-state index < -0.39 is 0 Å². The molecule has 0 spiro atoms. The second kappa shape index (κ2) is 9.38. The first-order chi connectivity index (χ1) is 13.1. The van der Waals surface area contributed by atoms with E-state index in [1.807, 2.05) is 30.3 Å². The van der Waals surface area contributed by atoms with Crippen molar-refractivity contribution in [2.45, 2.75) is 32.2 Å². The minimum atomic E-state index is 0.0841. The first kappa shape index (κ1) is 19.2. The summed E-state index contributed by atoms with van der Waals surface area (Å²) in [5.74, 6) is 1.50. The maximum atomic E-state index is 12.1. The summed E-state index contributed by atoms with van der Waals surface area (Å²) >= 11 is 5.96. The quantitative estimate of drug-likeness (QED) is 0.822. The Bertz CT molecular complexity index is 825. The Morgan fingerprint density at radius 2 is 2.11 bits per heavy atom. The van der Waals surface area contributed by atoms with Gasteiger partial charge in [-0.1, -0.05) is 23.7 Å². The molecule has 1 saturated heterocycles. The summed E-state index contributed by atoms with van der Waals surface area (Å²) in [6, 6.07) is 13.2. The van der Waals surface area contributed by atoms with Crippen molar-refractivity contribution in [3.8, 4) is 6.07 Å². The van der Waals surface area contributed by atoms with Gasteiger partial charge < -0.3 is 10.2 Å². The molecule has 0 atom stereocenters. The average Bonchev–Trinajstić information content (AvgIpc) is 2.71. The fraction of sp³-hybridized carbons (Fsp3) is 0.381. The molecule has 6 heteroatoms. The largest absolute Gasteiger partial charge is 0.357 e. The van der Waals surface area contributed by atoms with Crippen molar-refractivity contribution in [3.05, 3.63) is 58.7 Å². The smallest absolute Gasteiger partial charge is 0.220 e. The Hall–Kier alpha value is -2.58. The summed E-state index contributed by atoms with van der Waals surface area (Å²) in [5.41, 5.74) is 1.65. The van der Waals surface area contributed by atoms with Gasteiger partial charge in [-0.2, -0.15) is 5.26 Å². The summed E-state index contributed by atoms with van der Waals surface area (Å²) in [6.07, 6.45) is 5.22. The van der Waals surface area contributed by atoms with Crippen LogP contribution >= 0.6 is 11.6 Å². The Balaban J connectivity index is 1.39. The molecule has 1 aromatic carbocycles. The van der Waals surface area contributed by atoms with E-state index in [1.54, 1.807) is 12.3 Å². The monoisotopic (exact) mass is 382 g/mol. The lowest BCUT2D eigenvalue weighted by Gasteiger charge is -2.32. The molecule has 1 aliphatic heterocycles. The van der Waals surface area contributed by atoms with Crippen molar-refractivity contribution in [1.82, 2.24) is 10.3 Å². The van der Waals surface area contributed by atoms with Crippen LogP contribution < -0.4 is 10.2 Å². The third kappa shape index (κ3) is 5.70. The van der Waals surface area contributed by atoms with E-state index in [1.165, 1.54) is 0 Å². The van der Waals surface area contributed by atoms with Gasteiger partial charge in [0, 0.05) is 37.3 Å². The van der Waals surface area contributed by atoms with E-state index >= 15 is 0 Å². The van der Waals surface area contributed by atoms with Gasteiger partial charge in [0.1, 0.15) is 5.82 Å². The van der Waals surface area contributed by atoms with Gasteiger partial charge >= 0.3 is 0 Å². The molecule has 1 aromatic heterocycles.